The van der Waals surface area contributed by atoms with E-state index in [9.17, 15) is 0 Å². The van der Waals surface area contributed by atoms with Gasteiger partial charge in [0.1, 0.15) is 11.6 Å². The van der Waals surface area contributed by atoms with Crippen molar-refractivity contribution in [3.05, 3.63) is 11.4 Å². The van der Waals surface area contributed by atoms with Crippen LogP contribution in [0.1, 0.15) is 44.0 Å². The van der Waals surface area contributed by atoms with Crippen LogP contribution in [0, 0.1) is 6.92 Å². The Balaban J connectivity index is 2.34. The predicted octanol–water partition coefficient (Wildman–Crippen LogP) is 2.49. The minimum atomic E-state index is 0.553. The van der Waals surface area contributed by atoms with Crippen molar-refractivity contribution in [2.45, 2.75) is 39.5 Å². The number of hydrogen-bond donors (Lipinski definition) is 1. The van der Waals surface area contributed by atoms with Gasteiger partial charge in [-0.25, -0.2) is 4.98 Å². The zero-order valence-corrected chi connectivity index (χ0v) is 10.2. The summed E-state index contributed by atoms with van der Waals surface area (Å²) in [7, 11) is 0. The third-order valence-corrected chi connectivity index (χ3v) is 2.69. The molecule has 2 rings (SSSR count). The summed E-state index contributed by atoms with van der Waals surface area (Å²) < 4.78 is 5.55. The van der Waals surface area contributed by atoms with E-state index in [2.05, 4.69) is 22.2 Å². The average Bonchev–Trinajstić information content (AvgIpc) is 3.08. The van der Waals surface area contributed by atoms with Crippen LogP contribution in [-0.2, 0) is 0 Å². The van der Waals surface area contributed by atoms with Crippen molar-refractivity contribution in [2.24, 2.45) is 0 Å². The molecule has 1 fully saturated rings. The summed E-state index contributed by atoms with van der Waals surface area (Å²) in [4.78, 5) is 9.06. The average molecular weight is 221 g/mol. The Labute approximate surface area is 96.4 Å². The first-order valence-electron chi connectivity index (χ1n) is 6.01. The number of rotatable bonds is 5. The van der Waals surface area contributed by atoms with Crippen LogP contribution in [0.4, 0.5) is 5.82 Å². The van der Waals surface area contributed by atoms with Gasteiger partial charge < -0.3 is 10.1 Å². The molecule has 4 heteroatoms. The van der Waals surface area contributed by atoms with Crippen molar-refractivity contribution >= 4 is 5.82 Å². The highest BCUT2D eigenvalue weighted by molar-refractivity contribution is 5.49. The number of nitrogens with one attached hydrogen (secondary N) is 1. The Hall–Kier alpha value is -1.32. The highest BCUT2D eigenvalue weighted by atomic mass is 16.5. The van der Waals surface area contributed by atoms with E-state index in [0.717, 1.165) is 29.6 Å². The molecule has 0 saturated heterocycles. The molecule has 1 aliphatic rings. The fourth-order valence-corrected chi connectivity index (χ4v) is 1.65. The van der Waals surface area contributed by atoms with Gasteiger partial charge in [-0.2, -0.15) is 4.98 Å². The van der Waals surface area contributed by atoms with Gasteiger partial charge in [0.2, 0.25) is 5.88 Å². The second-order valence-electron chi connectivity index (χ2n) is 4.10. The Morgan fingerprint density at radius 1 is 1.31 bits per heavy atom. The molecule has 0 radical (unpaired) electrons. The molecule has 0 bridgehead atoms. The Morgan fingerprint density at radius 3 is 2.62 bits per heavy atom. The summed E-state index contributed by atoms with van der Waals surface area (Å²) in [5.41, 5.74) is 1.01. The highest BCUT2D eigenvalue weighted by Gasteiger charge is 2.28. The molecule has 0 unspecified atom stereocenters. The monoisotopic (exact) mass is 221 g/mol. The first-order chi connectivity index (χ1) is 7.76. The van der Waals surface area contributed by atoms with Crippen LogP contribution in [0.5, 0.6) is 5.88 Å². The van der Waals surface area contributed by atoms with E-state index in [4.69, 9.17) is 4.74 Å². The van der Waals surface area contributed by atoms with Gasteiger partial charge in [-0.05, 0) is 33.6 Å². The Kier molecular flexibility index (Phi) is 3.27. The molecule has 1 heterocycles. The van der Waals surface area contributed by atoms with E-state index in [1.54, 1.807) is 0 Å². The number of nitrogens with zero attached hydrogens (tertiary/aromatic N) is 2. The predicted molar refractivity (Wildman–Crippen MR) is 64.1 cm³/mol. The zero-order chi connectivity index (χ0) is 11.5. The molecule has 1 N–H and O–H groups in total. The van der Waals surface area contributed by atoms with Crippen molar-refractivity contribution in [1.29, 1.82) is 0 Å². The summed E-state index contributed by atoms with van der Waals surface area (Å²) in [6.07, 6.45) is 2.42. The Morgan fingerprint density at radius 2 is 2.06 bits per heavy atom. The first kappa shape index (κ1) is 11.2. The second-order valence-corrected chi connectivity index (χ2v) is 4.10. The fraction of sp³-hybridized carbons (Fsp3) is 0.667. The standard InChI is InChI=1S/C12H19N3O/c1-4-13-10-8(3)12(16-5-2)15-11(14-10)9-6-7-9/h9H,4-7H2,1-3H3,(H,13,14,15). The van der Waals surface area contributed by atoms with Crippen LogP contribution in [-0.4, -0.2) is 23.1 Å². The van der Waals surface area contributed by atoms with Gasteiger partial charge in [-0.3, -0.25) is 0 Å². The van der Waals surface area contributed by atoms with Crippen molar-refractivity contribution in [2.75, 3.05) is 18.5 Å². The first-order valence-corrected chi connectivity index (χ1v) is 6.01. The quantitative estimate of drug-likeness (QED) is 0.829. The van der Waals surface area contributed by atoms with E-state index < -0.39 is 0 Å². The van der Waals surface area contributed by atoms with Gasteiger partial charge in [-0.1, -0.05) is 0 Å². The lowest BCUT2D eigenvalue weighted by Crippen LogP contribution is -2.08. The number of ether oxygens (including phenoxy) is 1. The lowest BCUT2D eigenvalue weighted by atomic mass is 10.3. The zero-order valence-electron chi connectivity index (χ0n) is 10.2. The van der Waals surface area contributed by atoms with Gasteiger partial charge in [0.15, 0.2) is 0 Å². The fourth-order valence-electron chi connectivity index (χ4n) is 1.65. The summed E-state index contributed by atoms with van der Waals surface area (Å²) >= 11 is 0. The summed E-state index contributed by atoms with van der Waals surface area (Å²) in [6, 6.07) is 0. The maximum atomic E-state index is 5.55. The number of aromatic nitrogens is 2. The van der Waals surface area contributed by atoms with Crippen LogP contribution in [0.15, 0.2) is 0 Å². The maximum Gasteiger partial charge on any atom is 0.221 e. The molecule has 0 atom stereocenters. The van der Waals surface area contributed by atoms with Crippen molar-refractivity contribution in [1.82, 2.24) is 9.97 Å². The van der Waals surface area contributed by atoms with Gasteiger partial charge in [0, 0.05) is 12.5 Å². The van der Waals surface area contributed by atoms with Gasteiger partial charge in [0.05, 0.1) is 12.2 Å². The van der Waals surface area contributed by atoms with Gasteiger partial charge >= 0.3 is 0 Å². The van der Waals surface area contributed by atoms with Crippen molar-refractivity contribution in [3.8, 4) is 5.88 Å². The lowest BCUT2D eigenvalue weighted by Gasteiger charge is -2.12. The molecule has 0 aliphatic heterocycles. The molecule has 16 heavy (non-hydrogen) atoms. The summed E-state index contributed by atoms with van der Waals surface area (Å²) in [5, 5.41) is 3.27. The highest BCUT2D eigenvalue weighted by Crippen LogP contribution is 2.39. The number of anilines is 1. The molecular weight excluding hydrogens is 202 g/mol. The van der Waals surface area contributed by atoms with E-state index in [1.807, 2.05) is 13.8 Å². The smallest absolute Gasteiger partial charge is 0.221 e. The molecule has 1 aliphatic carbocycles. The summed E-state index contributed by atoms with van der Waals surface area (Å²) in [5.74, 6) is 3.14. The second kappa shape index (κ2) is 4.68. The molecule has 0 amide bonds. The van der Waals surface area contributed by atoms with E-state index in [0.29, 0.717) is 12.5 Å². The van der Waals surface area contributed by atoms with E-state index >= 15 is 0 Å². The molecule has 1 aromatic rings. The van der Waals surface area contributed by atoms with E-state index in [1.165, 1.54) is 12.8 Å². The van der Waals surface area contributed by atoms with Crippen molar-refractivity contribution < 1.29 is 4.74 Å². The minimum absolute atomic E-state index is 0.553. The van der Waals surface area contributed by atoms with Crippen LogP contribution < -0.4 is 10.1 Å². The summed E-state index contributed by atoms with van der Waals surface area (Å²) in [6.45, 7) is 7.56. The van der Waals surface area contributed by atoms with Crippen molar-refractivity contribution in [3.63, 3.8) is 0 Å². The molecular formula is C12H19N3O. The number of hydrogen-bond acceptors (Lipinski definition) is 4. The third kappa shape index (κ3) is 2.26. The molecule has 0 aromatic carbocycles. The Bertz CT molecular complexity index is 348. The van der Waals surface area contributed by atoms with Crippen LogP contribution in [0.2, 0.25) is 0 Å². The maximum absolute atomic E-state index is 5.55. The van der Waals surface area contributed by atoms with Crippen LogP contribution in [0.25, 0.3) is 0 Å². The molecule has 0 spiro atoms. The van der Waals surface area contributed by atoms with Gasteiger partial charge in [0.25, 0.3) is 0 Å². The van der Waals surface area contributed by atoms with Crippen LogP contribution >= 0.6 is 0 Å². The molecule has 4 nitrogen and oxygen atoms in total. The molecule has 1 aromatic heterocycles. The van der Waals surface area contributed by atoms with Gasteiger partial charge in [-0.15, -0.1) is 0 Å². The molecule has 88 valence electrons. The minimum Gasteiger partial charge on any atom is -0.478 e. The lowest BCUT2D eigenvalue weighted by molar-refractivity contribution is 0.322. The third-order valence-electron chi connectivity index (χ3n) is 2.69. The van der Waals surface area contributed by atoms with E-state index in [-0.39, 0.29) is 0 Å². The largest absolute Gasteiger partial charge is 0.478 e. The molecule has 1 saturated carbocycles. The topological polar surface area (TPSA) is 47.0 Å². The SMILES string of the molecule is CCNc1nc(C2CC2)nc(OCC)c1C. The normalized spacial score (nSPS) is 14.9. The van der Waals surface area contributed by atoms with Crippen LogP contribution in [0.3, 0.4) is 0 Å².